The molecule has 0 fully saturated rings. The zero-order valence-corrected chi connectivity index (χ0v) is 18.9. The molecule has 0 radical (unpaired) electrons. The lowest BCUT2D eigenvalue weighted by Crippen LogP contribution is -2.14. The first-order valence-corrected chi connectivity index (χ1v) is 10.6. The Balaban J connectivity index is 3.07. The van der Waals surface area contributed by atoms with Gasteiger partial charge in [0.05, 0.1) is 52.9 Å². The lowest BCUT2D eigenvalue weighted by atomic mass is 9.91. The van der Waals surface area contributed by atoms with Gasteiger partial charge in [-0.05, 0) is 36.5 Å². The Morgan fingerprint density at radius 1 is 0.370 bits per heavy atom. The van der Waals surface area contributed by atoms with Crippen LogP contribution >= 0.6 is 0 Å². The number of hydrogen-bond acceptors (Lipinski definition) is 5. The van der Waals surface area contributed by atoms with E-state index in [4.69, 9.17) is 23.7 Å². The molecule has 0 saturated heterocycles. The van der Waals surface area contributed by atoms with E-state index in [-0.39, 0.29) is 0 Å². The first-order chi connectivity index (χ1) is 12.7. The van der Waals surface area contributed by atoms with Crippen molar-refractivity contribution in [2.24, 2.45) is 10.8 Å². The van der Waals surface area contributed by atoms with E-state index in [0.717, 1.165) is 26.1 Å². The Kier molecular flexibility index (Phi) is 16.6. The molecule has 0 rings (SSSR count). The van der Waals surface area contributed by atoms with E-state index in [1.54, 1.807) is 0 Å². The van der Waals surface area contributed by atoms with Crippen LogP contribution in [0.15, 0.2) is 0 Å². The monoisotopic (exact) mass is 390 g/mol. The van der Waals surface area contributed by atoms with Crippen molar-refractivity contribution in [1.29, 1.82) is 0 Å². The Morgan fingerprint density at radius 2 is 0.593 bits per heavy atom. The van der Waals surface area contributed by atoms with Gasteiger partial charge in [-0.2, -0.15) is 0 Å². The molecule has 0 saturated carbocycles. The highest BCUT2D eigenvalue weighted by molar-refractivity contribution is 4.61. The minimum Gasteiger partial charge on any atom is -0.379 e. The summed E-state index contributed by atoms with van der Waals surface area (Å²) in [6, 6.07) is 0. The van der Waals surface area contributed by atoms with Crippen molar-refractivity contribution >= 4 is 0 Å². The van der Waals surface area contributed by atoms with Gasteiger partial charge in [-0.3, -0.25) is 0 Å². The van der Waals surface area contributed by atoms with Gasteiger partial charge in [0.25, 0.3) is 0 Å². The van der Waals surface area contributed by atoms with Crippen molar-refractivity contribution in [2.75, 3.05) is 66.1 Å². The van der Waals surface area contributed by atoms with E-state index in [9.17, 15) is 0 Å². The van der Waals surface area contributed by atoms with Gasteiger partial charge < -0.3 is 23.7 Å². The highest BCUT2D eigenvalue weighted by atomic mass is 16.6. The molecular weight excluding hydrogens is 344 g/mol. The van der Waals surface area contributed by atoms with Crippen LogP contribution in [0.5, 0.6) is 0 Å². The smallest absolute Gasteiger partial charge is 0.0701 e. The predicted octanol–water partition coefficient (Wildman–Crippen LogP) is 4.72. The third kappa shape index (κ3) is 25.8. The molecule has 0 unspecified atom stereocenters. The fourth-order valence-corrected chi connectivity index (χ4v) is 2.39. The van der Waals surface area contributed by atoms with Crippen LogP contribution in [0.4, 0.5) is 0 Å². The van der Waals surface area contributed by atoms with Gasteiger partial charge in [-0.25, -0.2) is 0 Å². The van der Waals surface area contributed by atoms with Crippen LogP contribution in [-0.2, 0) is 23.7 Å². The maximum absolute atomic E-state index is 5.55. The summed E-state index contributed by atoms with van der Waals surface area (Å²) < 4.78 is 27.5. The number of ether oxygens (including phenoxy) is 5. The predicted molar refractivity (Wildman–Crippen MR) is 111 cm³/mol. The van der Waals surface area contributed by atoms with E-state index in [1.807, 2.05) is 0 Å². The van der Waals surface area contributed by atoms with Gasteiger partial charge in [0.15, 0.2) is 0 Å². The molecule has 0 heterocycles. The summed E-state index contributed by atoms with van der Waals surface area (Å²) in [7, 11) is 0. The highest BCUT2D eigenvalue weighted by Crippen LogP contribution is 2.20. The molecule has 0 aliphatic heterocycles. The molecule has 0 N–H and O–H groups in total. The van der Waals surface area contributed by atoms with Crippen molar-refractivity contribution in [3.63, 3.8) is 0 Å². The average Bonchev–Trinajstić information content (AvgIpc) is 2.55. The SMILES string of the molecule is CC(C)(C)CCCOCCOCCOCCOCCOCCCC(C)(C)C. The average molecular weight is 391 g/mol. The van der Waals surface area contributed by atoms with Gasteiger partial charge in [0, 0.05) is 13.2 Å². The molecule has 0 aromatic heterocycles. The number of rotatable bonds is 18. The summed E-state index contributed by atoms with van der Waals surface area (Å²) >= 11 is 0. The Bertz CT molecular complexity index is 277. The molecule has 0 aromatic carbocycles. The molecular formula is C22H46O5. The second-order valence-electron chi connectivity index (χ2n) is 9.39. The van der Waals surface area contributed by atoms with Crippen molar-refractivity contribution in [1.82, 2.24) is 0 Å². The maximum atomic E-state index is 5.55. The van der Waals surface area contributed by atoms with E-state index < -0.39 is 0 Å². The largest absolute Gasteiger partial charge is 0.379 e. The second kappa shape index (κ2) is 16.7. The molecule has 27 heavy (non-hydrogen) atoms. The van der Waals surface area contributed by atoms with Crippen LogP contribution in [0.1, 0.15) is 67.2 Å². The van der Waals surface area contributed by atoms with E-state index in [1.165, 1.54) is 12.8 Å². The fraction of sp³-hybridized carbons (Fsp3) is 1.00. The summed E-state index contributed by atoms with van der Waals surface area (Å²) in [4.78, 5) is 0. The number of hydrogen-bond donors (Lipinski definition) is 0. The van der Waals surface area contributed by atoms with Crippen LogP contribution in [0.25, 0.3) is 0 Å². The standard InChI is InChI=1S/C22H46O5/c1-21(2,3)9-7-11-23-13-15-25-17-19-27-20-18-26-16-14-24-12-8-10-22(4,5)6/h7-20H2,1-6H3. The van der Waals surface area contributed by atoms with Gasteiger partial charge in [-0.1, -0.05) is 41.5 Å². The van der Waals surface area contributed by atoms with Gasteiger partial charge in [-0.15, -0.1) is 0 Å². The summed E-state index contributed by atoms with van der Waals surface area (Å²) in [6.45, 7) is 20.1. The second-order valence-corrected chi connectivity index (χ2v) is 9.39. The highest BCUT2D eigenvalue weighted by Gasteiger charge is 2.09. The third-order valence-corrected chi connectivity index (χ3v) is 3.92. The van der Waals surface area contributed by atoms with Crippen LogP contribution in [0, 0.1) is 10.8 Å². The molecule has 0 spiro atoms. The topological polar surface area (TPSA) is 46.2 Å². The quantitative estimate of drug-likeness (QED) is 0.317. The minimum absolute atomic E-state index is 0.389. The zero-order chi connectivity index (χ0) is 20.4. The maximum Gasteiger partial charge on any atom is 0.0701 e. The molecule has 164 valence electrons. The normalized spacial score (nSPS) is 12.7. The van der Waals surface area contributed by atoms with Crippen molar-refractivity contribution < 1.29 is 23.7 Å². The molecule has 5 heteroatoms. The molecule has 5 nitrogen and oxygen atoms in total. The summed E-state index contributed by atoms with van der Waals surface area (Å²) in [5.74, 6) is 0. The summed E-state index contributed by atoms with van der Waals surface area (Å²) in [6.07, 6.45) is 4.59. The third-order valence-electron chi connectivity index (χ3n) is 3.92. The Morgan fingerprint density at radius 3 is 0.815 bits per heavy atom. The first-order valence-electron chi connectivity index (χ1n) is 10.6. The summed E-state index contributed by atoms with van der Waals surface area (Å²) in [5.41, 5.74) is 0.778. The van der Waals surface area contributed by atoms with Crippen LogP contribution in [-0.4, -0.2) is 66.1 Å². The zero-order valence-electron chi connectivity index (χ0n) is 18.9. The first kappa shape index (κ1) is 26.8. The van der Waals surface area contributed by atoms with Crippen molar-refractivity contribution in [3.8, 4) is 0 Å². The molecule has 0 aliphatic rings. The molecule has 0 aromatic rings. The van der Waals surface area contributed by atoms with Gasteiger partial charge in [0.1, 0.15) is 0 Å². The fourth-order valence-electron chi connectivity index (χ4n) is 2.39. The lowest BCUT2D eigenvalue weighted by molar-refractivity contribution is -0.0119. The van der Waals surface area contributed by atoms with Crippen LogP contribution in [0.2, 0.25) is 0 Å². The molecule has 0 atom stereocenters. The van der Waals surface area contributed by atoms with Crippen LogP contribution < -0.4 is 0 Å². The van der Waals surface area contributed by atoms with E-state index in [0.29, 0.717) is 63.7 Å². The minimum atomic E-state index is 0.389. The van der Waals surface area contributed by atoms with E-state index in [2.05, 4.69) is 41.5 Å². The molecule has 0 bridgehead atoms. The Labute approximate surface area is 168 Å². The lowest BCUT2D eigenvalue weighted by Gasteiger charge is -2.17. The molecule has 0 aliphatic carbocycles. The van der Waals surface area contributed by atoms with E-state index >= 15 is 0 Å². The van der Waals surface area contributed by atoms with Crippen LogP contribution in [0.3, 0.4) is 0 Å². The van der Waals surface area contributed by atoms with Crippen molar-refractivity contribution in [2.45, 2.75) is 67.2 Å². The summed E-state index contributed by atoms with van der Waals surface area (Å²) in [5, 5.41) is 0. The van der Waals surface area contributed by atoms with Gasteiger partial charge in [0.2, 0.25) is 0 Å². The van der Waals surface area contributed by atoms with Gasteiger partial charge >= 0.3 is 0 Å². The van der Waals surface area contributed by atoms with Crippen molar-refractivity contribution in [3.05, 3.63) is 0 Å². The molecule has 0 amide bonds. The Hall–Kier alpha value is -0.200.